The van der Waals surface area contributed by atoms with Gasteiger partial charge in [0.25, 0.3) is 0 Å². The fraction of sp³-hybridized carbons (Fsp3) is 0.0167. The summed E-state index contributed by atoms with van der Waals surface area (Å²) in [5.41, 5.74) is 15.8. The van der Waals surface area contributed by atoms with Crippen LogP contribution in [0.2, 0.25) is 0 Å². The minimum atomic E-state index is 0.711. The molecule has 302 valence electrons. The van der Waals surface area contributed by atoms with Gasteiger partial charge < -0.3 is 4.57 Å². The van der Waals surface area contributed by atoms with Gasteiger partial charge in [-0.15, -0.1) is 0 Å². The Labute approximate surface area is 372 Å². The predicted molar refractivity (Wildman–Crippen MR) is 270 cm³/mol. The summed E-state index contributed by atoms with van der Waals surface area (Å²) in [6.45, 7) is 6.05. The molecule has 0 saturated carbocycles. The van der Waals surface area contributed by atoms with Crippen LogP contribution >= 0.6 is 0 Å². The third-order valence-corrected chi connectivity index (χ3v) is 12.2. The standard InChI is InChI=1S/C60H42N4/c1-3-5-21-49(4-2)64-55-24-15-14-23-51(55)57-58(61-52-38-37-44-16-12-13-22-50(44)56(52)59(57)64)47-35-31-43(32-36-47)41-27-25-40(26-28-41)42-29-33-46(34-30-42)54-39-53(45-17-8-6-9-18-45)62-60(63-54)48-19-10-7-11-20-48/h3-39H,1H2,2H3/b21-5-,49-4+. The number of pyridine rings is 1. The third-order valence-electron chi connectivity index (χ3n) is 12.2. The third kappa shape index (κ3) is 6.88. The summed E-state index contributed by atoms with van der Waals surface area (Å²) in [6, 6.07) is 70.6. The molecule has 0 aliphatic heterocycles. The molecule has 0 fully saturated rings. The van der Waals surface area contributed by atoms with Crippen molar-refractivity contribution in [2.45, 2.75) is 6.92 Å². The molecule has 0 amide bonds. The molecule has 0 spiro atoms. The molecule has 0 unspecified atom stereocenters. The first-order valence-electron chi connectivity index (χ1n) is 21.7. The first kappa shape index (κ1) is 38.5. The lowest BCUT2D eigenvalue weighted by molar-refractivity contribution is 1.18. The van der Waals surface area contributed by atoms with Gasteiger partial charge in [-0.05, 0) is 64.2 Å². The second-order valence-corrected chi connectivity index (χ2v) is 16.0. The second kappa shape index (κ2) is 16.4. The van der Waals surface area contributed by atoms with Crippen LogP contribution in [0.4, 0.5) is 0 Å². The molecule has 0 bridgehead atoms. The number of rotatable bonds is 9. The van der Waals surface area contributed by atoms with Gasteiger partial charge >= 0.3 is 0 Å². The summed E-state index contributed by atoms with van der Waals surface area (Å²) in [6.07, 6.45) is 8.13. The van der Waals surface area contributed by atoms with Crippen LogP contribution in [0, 0.1) is 0 Å². The Kier molecular flexibility index (Phi) is 9.87. The van der Waals surface area contributed by atoms with Crippen LogP contribution in [-0.2, 0) is 0 Å². The molecule has 0 radical (unpaired) electrons. The lowest BCUT2D eigenvalue weighted by Crippen LogP contribution is -1.97. The van der Waals surface area contributed by atoms with E-state index in [0.29, 0.717) is 5.82 Å². The lowest BCUT2D eigenvalue weighted by atomic mass is 9.96. The van der Waals surface area contributed by atoms with Gasteiger partial charge in [-0.2, -0.15) is 0 Å². The maximum absolute atomic E-state index is 5.47. The highest BCUT2D eigenvalue weighted by Gasteiger charge is 2.22. The molecular formula is C60H42N4. The Hall–Kier alpha value is -8.47. The molecule has 0 N–H and O–H groups in total. The van der Waals surface area contributed by atoms with E-state index in [4.69, 9.17) is 15.0 Å². The molecule has 0 aliphatic carbocycles. The Morgan fingerprint density at radius 3 is 1.59 bits per heavy atom. The van der Waals surface area contributed by atoms with Gasteiger partial charge in [-0.25, -0.2) is 15.0 Å². The lowest BCUT2D eigenvalue weighted by Gasteiger charge is -2.14. The summed E-state index contributed by atoms with van der Waals surface area (Å²) in [4.78, 5) is 15.4. The first-order valence-corrected chi connectivity index (χ1v) is 21.7. The van der Waals surface area contributed by atoms with E-state index in [1.807, 2.05) is 48.6 Å². The summed E-state index contributed by atoms with van der Waals surface area (Å²) in [7, 11) is 0. The molecule has 4 nitrogen and oxygen atoms in total. The predicted octanol–water partition coefficient (Wildman–Crippen LogP) is 15.9. The molecule has 0 atom stereocenters. The molecule has 11 rings (SSSR count). The number of para-hydroxylation sites is 1. The van der Waals surface area contributed by atoms with Crippen LogP contribution in [-0.4, -0.2) is 19.5 Å². The first-order chi connectivity index (χ1) is 31.6. The van der Waals surface area contributed by atoms with Gasteiger partial charge in [0.05, 0.1) is 33.6 Å². The molecule has 11 aromatic rings. The van der Waals surface area contributed by atoms with Gasteiger partial charge in [0.2, 0.25) is 0 Å². The maximum Gasteiger partial charge on any atom is 0.160 e. The molecule has 4 heteroatoms. The number of fused-ring (bicyclic) bond motifs is 7. The minimum Gasteiger partial charge on any atom is -0.309 e. The second-order valence-electron chi connectivity index (χ2n) is 16.0. The van der Waals surface area contributed by atoms with Crippen molar-refractivity contribution in [2.75, 3.05) is 0 Å². The van der Waals surface area contributed by atoms with Crippen LogP contribution in [0.3, 0.4) is 0 Å². The normalized spacial score (nSPS) is 11.9. The van der Waals surface area contributed by atoms with Crippen LogP contribution < -0.4 is 0 Å². The van der Waals surface area contributed by atoms with E-state index in [1.165, 1.54) is 16.2 Å². The van der Waals surface area contributed by atoms with Crippen LogP contribution in [0.15, 0.2) is 231 Å². The van der Waals surface area contributed by atoms with E-state index >= 15 is 0 Å². The number of nitrogens with zero attached hydrogens (tertiary/aromatic N) is 4. The number of benzene rings is 8. The Balaban J connectivity index is 0.939. The van der Waals surface area contributed by atoms with E-state index in [9.17, 15) is 0 Å². The number of hydrogen-bond donors (Lipinski definition) is 0. The Bertz CT molecular complexity index is 3520. The highest BCUT2D eigenvalue weighted by molar-refractivity contribution is 6.28. The van der Waals surface area contributed by atoms with Crippen molar-refractivity contribution < 1.29 is 0 Å². The van der Waals surface area contributed by atoms with Gasteiger partial charge in [0.1, 0.15) is 0 Å². The minimum absolute atomic E-state index is 0.711. The average Bonchev–Trinajstić information content (AvgIpc) is 3.72. The zero-order valence-corrected chi connectivity index (χ0v) is 35.4. The van der Waals surface area contributed by atoms with E-state index in [0.717, 1.165) is 94.6 Å². The van der Waals surface area contributed by atoms with Gasteiger partial charge in [0.15, 0.2) is 5.82 Å². The van der Waals surface area contributed by atoms with E-state index in [-0.39, 0.29) is 0 Å². The van der Waals surface area contributed by atoms with Gasteiger partial charge in [-0.1, -0.05) is 207 Å². The fourth-order valence-corrected chi connectivity index (χ4v) is 9.02. The summed E-state index contributed by atoms with van der Waals surface area (Å²) < 4.78 is 2.40. The van der Waals surface area contributed by atoms with Gasteiger partial charge in [0, 0.05) is 44.1 Å². The fourth-order valence-electron chi connectivity index (χ4n) is 9.02. The van der Waals surface area contributed by atoms with E-state index in [2.05, 4.69) is 194 Å². The monoisotopic (exact) mass is 818 g/mol. The molecule has 0 aliphatic rings. The van der Waals surface area contributed by atoms with E-state index < -0.39 is 0 Å². The summed E-state index contributed by atoms with van der Waals surface area (Å²) >= 11 is 0. The summed E-state index contributed by atoms with van der Waals surface area (Å²) in [5, 5.41) is 5.83. The van der Waals surface area contributed by atoms with Crippen LogP contribution in [0.5, 0.6) is 0 Å². The van der Waals surface area contributed by atoms with Crippen molar-refractivity contribution in [3.8, 4) is 67.4 Å². The van der Waals surface area contributed by atoms with Crippen molar-refractivity contribution in [1.29, 1.82) is 0 Å². The molecule has 8 aromatic carbocycles. The molecule has 64 heavy (non-hydrogen) atoms. The molecule has 3 heterocycles. The number of hydrogen-bond acceptors (Lipinski definition) is 3. The maximum atomic E-state index is 5.47. The van der Waals surface area contributed by atoms with Crippen molar-refractivity contribution in [3.63, 3.8) is 0 Å². The average molecular weight is 819 g/mol. The number of aromatic nitrogens is 4. The Morgan fingerprint density at radius 1 is 0.469 bits per heavy atom. The zero-order chi connectivity index (χ0) is 43.0. The molecule has 0 saturated heterocycles. The van der Waals surface area contributed by atoms with Crippen LogP contribution in [0.1, 0.15) is 6.92 Å². The Morgan fingerprint density at radius 2 is 0.984 bits per heavy atom. The smallest absolute Gasteiger partial charge is 0.160 e. The van der Waals surface area contributed by atoms with Gasteiger partial charge in [-0.3, -0.25) is 0 Å². The molecular weight excluding hydrogens is 777 g/mol. The van der Waals surface area contributed by atoms with Crippen molar-refractivity contribution >= 4 is 49.2 Å². The highest BCUT2D eigenvalue weighted by Crippen LogP contribution is 2.43. The zero-order valence-electron chi connectivity index (χ0n) is 35.4. The highest BCUT2D eigenvalue weighted by atomic mass is 15.0. The van der Waals surface area contributed by atoms with Crippen LogP contribution in [0.25, 0.3) is 117 Å². The molecule has 3 aromatic heterocycles. The topological polar surface area (TPSA) is 43.6 Å². The van der Waals surface area contributed by atoms with Crippen molar-refractivity contribution in [1.82, 2.24) is 19.5 Å². The summed E-state index contributed by atoms with van der Waals surface area (Å²) in [5.74, 6) is 0.711. The SMILES string of the molecule is C=C/C=C\C(=C/C)n1c2ccccc2c2c(-c3ccc(-c4ccc(-c5ccc(-c6cc(-c7ccccc7)nc(-c7ccccc7)n6)cc5)cc4)cc3)nc3ccc4ccccc4c3c21. The van der Waals surface area contributed by atoms with Crippen molar-refractivity contribution in [2.24, 2.45) is 0 Å². The van der Waals surface area contributed by atoms with E-state index in [1.54, 1.807) is 0 Å². The largest absolute Gasteiger partial charge is 0.309 e. The quantitative estimate of drug-likeness (QED) is 0.108. The van der Waals surface area contributed by atoms with Crippen molar-refractivity contribution in [3.05, 3.63) is 231 Å². The number of allylic oxidation sites excluding steroid dienone is 5.